The zero-order valence-electron chi connectivity index (χ0n) is 12.8. The standard InChI is InChI=1S/C16H21N3O2/c1-4-16(7-8-17-10-16)15-18-14(19-21-15)12-5-6-13(20-3)11(2)9-12/h5-6,9,17H,4,7-8,10H2,1-3H3. The van der Waals surface area contributed by atoms with Gasteiger partial charge in [0.2, 0.25) is 11.7 Å². The van der Waals surface area contributed by atoms with Gasteiger partial charge >= 0.3 is 0 Å². The molecule has 1 aliphatic heterocycles. The third-order valence-corrected chi connectivity index (χ3v) is 4.45. The molecule has 21 heavy (non-hydrogen) atoms. The Morgan fingerprint density at radius 2 is 2.29 bits per heavy atom. The van der Waals surface area contributed by atoms with Gasteiger partial charge in [0.25, 0.3) is 0 Å². The molecule has 5 heteroatoms. The van der Waals surface area contributed by atoms with E-state index < -0.39 is 0 Å². The van der Waals surface area contributed by atoms with Crippen molar-refractivity contribution in [2.45, 2.75) is 32.1 Å². The number of aromatic nitrogens is 2. The Labute approximate surface area is 124 Å². The lowest BCUT2D eigenvalue weighted by Gasteiger charge is -2.20. The van der Waals surface area contributed by atoms with E-state index in [4.69, 9.17) is 9.26 Å². The lowest BCUT2D eigenvalue weighted by molar-refractivity contribution is 0.285. The van der Waals surface area contributed by atoms with Gasteiger partial charge in [0.1, 0.15) is 5.75 Å². The van der Waals surface area contributed by atoms with Crippen LogP contribution in [0.4, 0.5) is 0 Å². The Morgan fingerprint density at radius 3 is 2.90 bits per heavy atom. The number of rotatable bonds is 4. The minimum Gasteiger partial charge on any atom is -0.496 e. The van der Waals surface area contributed by atoms with Gasteiger partial charge in [-0.15, -0.1) is 0 Å². The van der Waals surface area contributed by atoms with E-state index in [0.717, 1.165) is 48.7 Å². The van der Waals surface area contributed by atoms with Gasteiger partial charge in [-0.05, 0) is 50.1 Å². The average molecular weight is 287 g/mol. The minimum atomic E-state index is -0.00718. The molecule has 5 nitrogen and oxygen atoms in total. The van der Waals surface area contributed by atoms with Crippen molar-refractivity contribution in [3.63, 3.8) is 0 Å². The van der Waals surface area contributed by atoms with Crippen molar-refractivity contribution < 1.29 is 9.26 Å². The van der Waals surface area contributed by atoms with Crippen molar-refractivity contribution in [3.05, 3.63) is 29.7 Å². The van der Waals surface area contributed by atoms with Crippen molar-refractivity contribution in [1.82, 2.24) is 15.5 Å². The first-order valence-corrected chi connectivity index (χ1v) is 7.38. The SMILES string of the molecule is CCC1(c2nc(-c3ccc(OC)c(C)c3)no2)CCNC1. The molecule has 0 aliphatic carbocycles. The predicted molar refractivity (Wildman–Crippen MR) is 80.5 cm³/mol. The van der Waals surface area contributed by atoms with Gasteiger partial charge in [-0.25, -0.2) is 0 Å². The molecular weight excluding hydrogens is 266 g/mol. The van der Waals surface area contributed by atoms with Crippen molar-refractivity contribution >= 4 is 0 Å². The van der Waals surface area contributed by atoms with E-state index in [2.05, 4.69) is 22.4 Å². The molecule has 112 valence electrons. The van der Waals surface area contributed by atoms with Crippen LogP contribution in [0, 0.1) is 6.92 Å². The number of hydrogen-bond acceptors (Lipinski definition) is 5. The highest BCUT2D eigenvalue weighted by atomic mass is 16.5. The number of benzene rings is 1. The molecule has 1 saturated heterocycles. The van der Waals surface area contributed by atoms with Crippen molar-refractivity contribution in [1.29, 1.82) is 0 Å². The molecule has 0 amide bonds. The molecule has 3 rings (SSSR count). The van der Waals surface area contributed by atoms with Crippen LogP contribution in [-0.4, -0.2) is 30.3 Å². The fourth-order valence-electron chi connectivity index (χ4n) is 2.95. The first-order valence-electron chi connectivity index (χ1n) is 7.38. The Hall–Kier alpha value is -1.88. The lowest BCUT2D eigenvalue weighted by atomic mass is 9.84. The average Bonchev–Trinajstić information content (AvgIpc) is 3.17. The highest BCUT2D eigenvalue weighted by molar-refractivity contribution is 5.58. The smallest absolute Gasteiger partial charge is 0.234 e. The van der Waals surface area contributed by atoms with E-state index in [1.54, 1.807) is 7.11 Å². The number of nitrogens with zero attached hydrogens (tertiary/aromatic N) is 2. The van der Waals surface area contributed by atoms with Crippen LogP contribution in [-0.2, 0) is 5.41 Å². The summed E-state index contributed by atoms with van der Waals surface area (Å²) in [5.41, 5.74) is 2.02. The van der Waals surface area contributed by atoms with Gasteiger partial charge in [-0.2, -0.15) is 4.98 Å². The quantitative estimate of drug-likeness (QED) is 0.937. The monoisotopic (exact) mass is 287 g/mol. The molecule has 2 aromatic rings. The number of ether oxygens (including phenoxy) is 1. The fraction of sp³-hybridized carbons (Fsp3) is 0.500. The predicted octanol–water partition coefficient (Wildman–Crippen LogP) is 2.69. The topological polar surface area (TPSA) is 60.2 Å². The van der Waals surface area contributed by atoms with Crippen LogP contribution < -0.4 is 10.1 Å². The van der Waals surface area contributed by atoms with Crippen molar-refractivity contribution in [2.24, 2.45) is 0 Å². The van der Waals surface area contributed by atoms with E-state index in [0.29, 0.717) is 5.82 Å². The molecule has 0 bridgehead atoms. The van der Waals surface area contributed by atoms with Crippen LogP contribution in [0.3, 0.4) is 0 Å². The molecule has 1 N–H and O–H groups in total. The molecule has 1 fully saturated rings. The van der Waals surface area contributed by atoms with Gasteiger partial charge < -0.3 is 14.6 Å². The van der Waals surface area contributed by atoms with Crippen molar-refractivity contribution in [2.75, 3.05) is 20.2 Å². The van der Waals surface area contributed by atoms with Gasteiger partial charge in [0.05, 0.1) is 12.5 Å². The summed E-state index contributed by atoms with van der Waals surface area (Å²) in [5.74, 6) is 2.27. The van der Waals surface area contributed by atoms with Gasteiger partial charge in [0, 0.05) is 12.1 Å². The summed E-state index contributed by atoms with van der Waals surface area (Å²) in [5, 5.41) is 7.56. The van der Waals surface area contributed by atoms with Gasteiger partial charge in [-0.1, -0.05) is 12.1 Å². The molecule has 2 heterocycles. The Bertz CT molecular complexity index is 630. The molecule has 1 unspecified atom stereocenters. The highest BCUT2D eigenvalue weighted by Crippen LogP contribution is 2.34. The van der Waals surface area contributed by atoms with E-state index in [1.165, 1.54) is 0 Å². The zero-order valence-corrected chi connectivity index (χ0v) is 12.8. The molecule has 1 aliphatic rings. The number of nitrogens with one attached hydrogen (secondary N) is 1. The summed E-state index contributed by atoms with van der Waals surface area (Å²) < 4.78 is 10.8. The maximum atomic E-state index is 5.56. The van der Waals surface area contributed by atoms with E-state index in [-0.39, 0.29) is 5.41 Å². The van der Waals surface area contributed by atoms with Crippen molar-refractivity contribution in [3.8, 4) is 17.1 Å². The summed E-state index contributed by atoms with van der Waals surface area (Å²) in [6.07, 6.45) is 2.05. The van der Waals surface area contributed by atoms with Crippen LogP contribution in [0.1, 0.15) is 31.2 Å². The lowest BCUT2D eigenvalue weighted by Crippen LogP contribution is -2.28. The zero-order chi connectivity index (χ0) is 14.9. The van der Waals surface area contributed by atoms with Crippen LogP contribution in [0.5, 0.6) is 5.75 Å². The second-order valence-corrected chi connectivity index (χ2v) is 5.67. The van der Waals surface area contributed by atoms with Crippen LogP contribution in [0.15, 0.2) is 22.7 Å². The normalized spacial score (nSPS) is 21.7. The molecule has 1 aromatic carbocycles. The Morgan fingerprint density at radius 1 is 1.43 bits per heavy atom. The maximum Gasteiger partial charge on any atom is 0.234 e. The van der Waals surface area contributed by atoms with Crippen LogP contribution in [0.25, 0.3) is 11.4 Å². The summed E-state index contributed by atoms with van der Waals surface area (Å²) in [7, 11) is 1.67. The molecule has 0 radical (unpaired) electrons. The van der Waals surface area contributed by atoms with Gasteiger partial charge in [0.15, 0.2) is 0 Å². The molecule has 1 aromatic heterocycles. The summed E-state index contributed by atoms with van der Waals surface area (Å²) >= 11 is 0. The number of methoxy groups -OCH3 is 1. The van der Waals surface area contributed by atoms with Crippen LogP contribution >= 0.6 is 0 Å². The first-order chi connectivity index (χ1) is 10.2. The molecule has 1 atom stereocenters. The second kappa shape index (κ2) is 5.48. The number of hydrogen-bond donors (Lipinski definition) is 1. The Balaban J connectivity index is 1.93. The number of aryl methyl sites for hydroxylation is 1. The summed E-state index contributed by atoms with van der Waals surface area (Å²) in [4.78, 5) is 4.64. The third-order valence-electron chi connectivity index (χ3n) is 4.45. The van der Waals surface area contributed by atoms with E-state index in [1.807, 2.05) is 25.1 Å². The van der Waals surface area contributed by atoms with E-state index in [9.17, 15) is 0 Å². The van der Waals surface area contributed by atoms with Crippen LogP contribution in [0.2, 0.25) is 0 Å². The molecular formula is C16H21N3O2. The molecule has 0 spiro atoms. The molecule has 0 saturated carbocycles. The maximum absolute atomic E-state index is 5.56. The van der Waals surface area contributed by atoms with Gasteiger partial charge in [-0.3, -0.25) is 0 Å². The first kappa shape index (κ1) is 14.1. The summed E-state index contributed by atoms with van der Waals surface area (Å²) in [6.45, 7) is 6.10. The van der Waals surface area contributed by atoms with E-state index >= 15 is 0 Å². The fourth-order valence-corrected chi connectivity index (χ4v) is 2.95. The largest absolute Gasteiger partial charge is 0.496 e. The second-order valence-electron chi connectivity index (χ2n) is 5.67. The Kier molecular flexibility index (Phi) is 3.68. The minimum absolute atomic E-state index is 0.00718. The highest BCUT2D eigenvalue weighted by Gasteiger charge is 2.39. The third kappa shape index (κ3) is 2.42. The summed E-state index contributed by atoms with van der Waals surface area (Å²) in [6, 6.07) is 5.93.